The van der Waals surface area contributed by atoms with E-state index in [9.17, 15) is 9.59 Å². The number of methoxy groups -OCH3 is 1. The topological polar surface area (TPSA) is 75.6 Å². The Hall–Kier alpha value is -1.08. The molecule has 1 aliphatic rings. The first-order valence-electron chi connectivity index (χ1n) is 5.40. The van der Waals surface area contributed by atoms with Crippen LogP contribution in [0.3, 0.4) is 0 Å². The predicted molar refractivity (Wildman–Crippen MR) is 70.2 cm³/mol. The van der Waals surface area contributed by atoms with Gasteiger partial charge in [-0.2, -0.15) is 0 Å². The second-order valence-corrected chi connectivity index (χ2v) is 6.45. The third-order valence-electron chi connectivity index (χ3n) is 2.75. The number of carboxylic acids is 1. The average molecular weight is 334 g/mol. The van der Waals surface area contributed by atoms with Gasteiger partial charge < -0.3 is 15.2 Å². The molecule has 1 saturated carbocycles. The highest BCUT2D eigenvalue weighted by atomic mass is 79.9. The number of aliphatic carboxylic acids is 1. The maximum absolute atomic E-state index is 11.9. The third-order valence-corrected chi connectivity index (χ3v) is 4.53. The highest BCUT2D eigenvalue weighted by Crippen LogP contribution is 2.35. The quantitative estimate of drug-likeness (QED) is 0.865. The fraction of sp³-hybridized carbons (Fsp3) is 0.455. The lowest BCUT2D eigenvalue weighted by Gasteiger charge is -2.12. The van der Waals surface area contributed by atoms with Crippen molar-refractivity contribution in [2.75, 3.05) is 7.11 Å². The molecular formula is C11H12BrNO4S. The number of carbonyl (C=O) groups excluding carboxylic acids is 1. The number of hydrogen-bond acceptors (Lipinski definition) is 4. The van der Waals surface area contributed by atoms with Crippen LogP contribution in [0.2, 0.25) is 0 Å². The molecule has 1 aromatic heterocycles. The second kappa shape index (κ2) is 5.27. The zero-order chi connectivity index (χ0) is 13.3. The highest BCUT2D eigenvalue weighted by Gasteiger charge is 2.37. The molecule has 5 nitrogen and oxygen atoms in total. The SMILES string of the molecule is COc1cc(C(=O)NC(C(=O)O)C2CC2)sc1Br. The molecule has 2 N–H and O–H groups in total. The molecule has 0 aliphatic heterocycles. The number of ether oxygens (including phenoxy) is 1. The van der Waals surface area contributed by atoms with E-state index in [1.807, 2.05) is 0 Å². The summed E-state index contributed by atoms with van der Waals surface area (Å²) in [5.41, 5.74) is 0. The molecule has 0 aromatic carbocycles. The van der Waals surface area contributed by atoms with Gasteiger partial charge in [-0.05, 0) is 34.7 Å². The summed E-state index contributed by atoms with van der Waals surface area (Å²) in [5.74, 6) is -0.711. The first-order chi connectivity index (χ1) is 8.52. The van der Waals surface area contributed by atoms with E-state index in [-0.39, 0.29) is 11.8 Å². The van der Waals surface area contributed by atoms with Crippen LogP contribution in [0.5, 0.6) is 5.75 Å². The van der Waals surface area contributed by atoms with Crippen LogP contribution in [-0.2, 0) is 4.79 Å². The van der Waals surface area contributed by atoms with Crippen LogP contribution in [0, 0.1) is 5.92 Å². The number of carbonyl (C=O) groups is 2. The van der Waals surface area contributed by atoms with Gasteiger partial charge in [-0.3, -0.25) is 4.79 Å². The molecule has 18 heavy (non-hydrogen) atoms. The van der Waals surface area contributed by atoms with Crippen molar-refractivity contribution in [2.24, 2.45) is 5.92 Å². The molecule has 1 aliphatic carbocycles. The van der Waals surface area contributed by atoms with E-state index >= 15 is 0 Å². The van der Waals surface area contributed by atoms with E-state index in [1.165, 1.54) is 18.4 Å². The van der Waals surface area contributed by atoms with E-state index in [0.717, 1.165) is 12.8 Å². The van der Waals surface area contributed by atoms with Crippen molar-refractivity contribution in [3.05, 3.63) is 14.7 Å². The van der Waals surface area contributed by atoms with E-state index in [2.05, 4.69) is 21.2 Å². The van der Waals surface area contributed by atoms with Gasteiger partial charge in [0, 0.05) is 6.07 Å². The summed E-state index contributed by atoms with van der Waals surface area (Å²) in [6, 6.07) is 0.806. The third kappa shape index (κ3) is 2.84. The monoisotopic (exact) mass is 333 g/mol. The molecule has 1 aromatic rings. The van der Waals surface area contributed by atoms with Gasteiger partial charge in [0.05, 0.1) is 12.0 Å². The van der Waals surface area contributed by atoms with Crippen LogP contribution < -0.4 is 10.1 Å². The summed E-state index contributed by atoms with van der Waals surface area (Å²) in [7, 11) is 1.51. The number of thiophene rings is 1. The van der Waals surface area contributed by atoms with Crippen molar-refractivity contribution in [2.45, 2.75) is 18.9 Å². The molecule has 0 spiro atoms. The van der Waals surface area contributed by atoms with Crippen molar-refractivity contribution in [3.8, 4) is 5.75 Å². The smallest absolute Gasteiger partial charge is 0.326 e. The summed E-state index contributed by atoms with van der Waals surface area (Å²) in [5, 5.41) is 11.6. The van der Waals surface area contributed by atoms with Gasteiger partial charge in [0.2, 0.25) is 0 Å². The molecule has 7 heteroatoms. The number of hydrogen-bond donors (Lipinski definition) is 2. The molecule has 1 fully saturated rings. The van der Waals surface area contributed by atoms with Crippen molar-refractivity contribution in [1.29, 1.82) is 0 Å². The summed E-state index contributed by atoms with van der Waals surface area (Å²) < 4.78 is 5.77. The molecule has 0 bridgehead atoms. The molecule has 1 amide bonds. The van der Waals surface area contributed by atoms with Crippen molar-refractivity contribution < 1.29 is 19.4 Å². The van der Waals surface area contributed by atoms with Gasteiger partial charge in [0.1, 0.15) is 15.6 Å². The summed E-state index contributed by atoms with van der Waals surface area (Å²) in [6.45, 7) is 0. The average Bonchev–Trinajstić information content (AvgIpc) is 3.08. The Morgan fingerprint density at radius 3 is 2.72 bits per heavy atom. The number of amides is 1. The first kappa shape index (κ1) is 13.4. The lowest BCUT2D eigenvalue weighted by Crippen LogP contribution is -2.42. The molecule has 0 radical (unpaired) electrons. The van der Waals surface area contributed by atoms with Crippen LogP contribution >= 0.6 is 27.3 Å². The van der Waals surface area contributed by atoms with E-state index in [4.69, 9.17) is 9.84 Å². The second-order valence-electron chi connectivity index (χ2n) is 4.08. The van der Waals surface area contributed by atoms with Gasteiger partial charge in [-0.1, -0.05) is 0 Å². The van der Waals surface area contributed by atoms with Gasteiger partial charge in [-0.25, -0.2) is 4.79 Å². The summed E-state index contributed by atoms with van der Waals surface area (Å²) in [4.78, 5) is 23.4. The number of rotatable bonds is 5. The number of nitrogens with one attached hydrogen (secondary N) is 1. The van der Waals surface area contributed by atoms with Crippen LogP contribution in [0.25, 0.3) is 0 Å². The van der Waals surface area contributed by atoms with Crippen LogP contribution in [0.15, 0.2) is 9.85 Å². The molecule has 98 valence electrons. The predicted octanol–water partition coefficient (Wildman–Crippen LogP) is 2.11. The molecular weight excluding hydrogens is 322 g/mol. The molecule has 1 heterocycles. The van der Waals surface area contributed by atoms with E-state index in [0.29, 0.717) is 14.4 Å². The van der Waals surface area contributed by atoms with Crippen LogP contribution in [0.1, 0.15) is 22.5 Å². The van der Waals surface area contributed by atoms with Gasteiger partial charge in [-0.15, -0.1) is 11.3 Å². The highest BCUT2D eigenvalue weighted by molar-refractivity contribution is 9.11. The number of halogens is 1. The largest absolute Gasteiger partial charge is 0.495 e. The Morgan fingerprint density at radius 1 is 1.61 bits per heavy atom. The summed E-state index contributed by atoms with van der Waals surface area (Å²) in [6.07, 6.45) is 1.71. The maximum Gasteiger partial charge on any atom is 0.326 e. The molecule has 1 unspecified atom stereocenters. The Bertz CT molecular complexity index is 483. The molecule has 1 atom stereocenters. The molecule has 0 saturated heterocycles. The fourth-order valence-electron chi connectivity index (χ4n) is 1.63. The Balaban J connectivity index is 2.08. The zero-order valence-corrected chi connectivity index (χ0v) is 12.0. The maximum atomic E-state index is 11.9. The normalized spacial score (nSPS) is 16.1. The standard InChI is InChI=1S/C11H12BrNO4S/c1-17-6-4-7(18-9(6)12)10(14)13-8(11(15)16)5-2-3-5/h4-5,8H,2-3H2,1H3,(H,13,14)(H,15,16). The van der Waals surface area contributed by atoms with Crippen molar-refractivity contribution >= 4 is 39.1 Å². The lowest BCUT2D eigenvalue weighted by atomic mass is 10.2. The summed E-state index contributed by atoms with van der Waals surface area (Å²) >= 11 is 4.50. The van der Waals surface area contributed by atoms with E-state index < -0.39 is 12.0 Å². The first-order valence-corrected chi connectivity index (χ1v) is 7.01. The Labute approximate surface area is 116 Å². The van der Waals surface area contributed by atoms with Crippen molar-refractivity contribution in [3.63, 3.8) is 0 Å². The van der Waals surface area contributed by atoms with Gasteiger partial charge in [0.25, 0.3) is 5.91 Å². The van der Waals surface area contributed by atoms with Crippen molar-refractivity contribution in [1.82, 2.24) is 5.32 Å². The minimum Gasteiger partial charge on any atom is -0.495 e. The minimum absolute atomic E-state index is 0.0664. The lowest BCUT2D eigenvalue weighted by molar-refractivity contribution is -0.139. The van der Waals surface area contributed by atoms with Gasteiger partial charge >= 0.3 is 5.97 Å². The Kier molecular flexibility index (Phi) is 3.91. The fourth-order valence-corrected chi connectivity index (χ4v) is 3.18. The van der Waals surface area contributed by atoms with E-state index in [1.54, 1.807) is 6.07 Å². The molecule has 2 rings (SSSR count). The minimum atomic E-state index is -0.978. The van der Waals surface area contributed by atoms with Crippen LogP contribution in [-0.4, -0.2) is 30.1 Å². The number of carboxylic acid groups (broad SMARTS) is 1. The Morgan fingerprint density at radius 2 is 2.28 bits per heavy atom. The van der Waals surface area contributed by atoms with Crippen LogP contribution in [0.4, 0.5) is 0 Å². The van der Waals surface area contributed by atoms with Gasteiger partial charge in [0.15, 0.2) is 0 Å². The zero-order valence-electron chi connectivity index (χ0n) is 9.60.